The van der Waals surface area contributed by atoms with Gasteiger partial charge in [-0.1, -0.05) is 77.8 Å². The van der Waals surface area contributed by atoms with Gasteiger partial charge in [-0.3, -0.25) is 4.79 Å². The summed E-state index contributed by atoms with van der Waals surface area (Å²) in [7, 11) is 0. The summed E-state index contributed by atoms with van der Waals surface area (Å²) in [5.41, 5.74) is 8.44. The molecule has 0 fully saturated rings. The van der Waals surface area contributed by atoms with Gasteiger partial charge in [-0.2, -0.15) is 0 Å². The highest BCUT2D eigenvalue weighted by atomic mass is 79.9. The Morgan fingerprint density at radius 1 is 0.944 bits per heavy atom. The normalized spacial score (nSPS) is 11.2. The maximum absolute atomic E-state index is 12.9. The van der Waals surface area contributed by atoms with E-state index < -0.39 is 11.3 Å². The zero-order valence-corrected chi connectivity index (χ0v) is 23.5. The molecule has 1 atom stereocenters. The van der Waals surface area contributed by atoms with E-state index >= 15 is 0 Å². The molecule has 0 bridgehead atoms. The number of thioether (sulfide) groups is 1. The van der Waals surface area contributed by atoms with E-state index in [2.05, 4.69) is 10.6 Å². The Morgan fingerprint density at radius 3 is 2.31 bits per heavy atom. The molecule has 0 spiro atoms. The number of anilines is 2. The number of carbonyl (C=O) groups is 2. The largest absolute Gasteiger partial charge is 0.459 e. The second-order valence-corrected chi connectivity index (χ2v) is 9.64. The molecule has 0 saturated carbocycles. The first-order valence-electron chi connectivity index (χ1n) is 11.1. The summed E-state index contributed by atoms with van der Waals surface area (Å²) in [5.74, 6) is -0.199. The average Bonchev–Trinajstić information content (AvgIpc) is 2.86. The van der Waals surface area contributed by atoms with E-state index in [0.29, 0.717) is 40.1 Å². The van der Waals surface area contributed by atoms with E-state index in [4.69, 9.17) is 33.7 Å². The minimum atomic E-state index is -0.837. The summed E-state index contributed by atoms with van der Waals surface area (Å²) in [5, 5.41) is 6.12. The van der Waals surface area contributed by atoms with Crippen LogP contribution >= 0.6 is 51.9 Å². The number of hydrogen-bond donors (Lipinski definition) is 3. The maximum Gasteiger partial charge on any atom is 0.339 e. The SMILES string of the molecule is Br.NCCCS[C@H](NC(=O)Cc1ccccc1Nc1c(Cl)cccc1Cl)C(=O)OCc1ccccc1. The van der Waals surface area contributed by atoms with Crippen LogP contribution in [0.1, 0.15) is 17.5 Å². The Bertz CT molecular complexity index is 1120. The molecular weight excluding hydrogens is 585 g/mol. The predicted octanol–water partition coefficient (Wildman–Crippen LogP) is 6.13. The Labute approximate surface area is 236 Å². The quantitative estimate of drug-likeness (QED) is 0.130. The molecule has 6 nitrogen and oxygen atoms in total. The zero-order valence-electron chi connectivity index (χ0n) is 19.4. The first kappa shape index (κ1) is 30.0. The summed E-state index contributed by atoms with van der Waals surface area (Å²) in [4.78, 5) is 25.7. The number of para-hydroxylation sites is 2. The van der Waals surface area contributed by atoms with Crippen molar-refractivity contribution in [2.45, 2.75) is 24.8 Å². The molecule has 4 N–H and O–H groups in total. The molecule has 0 aliphatic carbocycles. The first-order chi connectivity index (χ1) is 17.0. The molecule has 0 aliphatic rings. The van der Waals surface area contributed by atoms with Crippen molar-refractivity contribution in [2.75, 3.05) is 17.6 Å². The Morgan fingerprint density at radius 2 is 1.61 bits per heavy atom. The lowest BCUT2D eigenvalue weighted by Crippen LogP contribution is -2.40. The summed E-state index contributed by atoms with van der Waals surface area (Å²) >= 11 is 13.9. The number of carbonyl (C=O) groups excluding carboxylic acids is 2. The van der Waals surface area contributed by atoms with E-state index in [-0.39, 0.29) is 35.9 Å². The van der Waals surface area contributed by atoms with Gasteiger partial charge in [-0.05, 0) is 48.0 Å². The van der Waals surface area contributed by atoms with Crippen molar-refractivity contribution < 1.29 is 14.3 Å². The number of halogens is 3. The minimum absolute atomic E-state index is 0. The second kappa shape index (κ2) is 15.8. The number of nitrogens with two attached hydrogens (primary N) is 1. The van der Waals surface area contributed by atoms with Gasteiger partial charge in [-0.15, -0.1) is 28.7 Å². The number of nitrogens with one attached hydrogen (secondary N) is 2. The fourth-order valence-corrected chi connectivity index (χ4v) is 4.66. The van der Waals surface area contributed by atoms with Gasteiger partial charge in [0.25, 0.3) is 0 Å². The van der Waals surface area contributed by atoms with Crippen LogP contribution in [-0.4, -0.2) is 29.5 Å². The summed E-state index contributed by atoms with van der Waals surface area (Å²) < 4.78 is 5.45. The standard InChI is InChI=1S/C26H27Cl2N3O3S.BrH/c27-20-11-6-12-21(28)24(20)30-22-13-5-4-10-19(22)16-23(32)31-25(35-15-7-14-29)26(33)34-17-18-8-2-1-3-9-18;/h1-6,8-13,25,30H,7,14-17,29H2,(H,31,32);1H/t25-;/m0./s1. The molecule has 36 heavy (non-hydrogen) atoms. The van der Waals surface area contributed by atoms with Crippen LogP contribution in [-0.2, 0) is 27.4 Å². The molecule has 3 rings (SSSR count). The fourth-order valence-electron chi connectivity index (χ4n) is 3.18. The van der Waals surface area contributed by atoms with E-state index in [1.54, 1.807) is 18.2 Å². The number of benzene rings is 3. The highest BCUT2D eigenvalue weighted by Crippen LogP contribution is 2.33. The van der Waals surface area contributed by atoms with Crippen molar-refractivity contribution in [3.8, 4) is 0 Å². The van der Waals surface area contributed by atoms with Crippen molar-refractivity contribution in [1.82, 2.24) is 5.32 Å². The van der Waals surface area contributed by atoms with E-state index in [9.17, 15) is 9.59 Å². The van der Waals surface area contributed by atoms with Crippen LogP contribution in [0.3, 0.4) is 0 Å². The molecular formula is C26H28BrCl2N3O3S. The number of esters is 1. The molecule has 0 saturated heterocycles. The second-order valence-electron chi connectivity index (χ2n) is 7.61. The van der Waals surface area contributed by atoms with Gasteiger partial charge >= 0.3 is 5.97 Å². The molecule has 0 aromatic heterocycles. The molecule has 10 heteroatoms. The lowest BCUT2D eigenvalue weighted by atomic mass is 10.1. The van der Waals surface area contributed by atoms with Crippen molar-refractivity contribution in [2.24, 2.45) is 5.73 Å². The van der Waals surface area contributed by atoms with E-state index in [1.807, 2.05) is 54.6 Å². The first-order valence-corrected chi connectivity index (χ1v) is 12.9. The van der Waals surface area contributed by atoms with Crippen LogP contribution < -0.4 is 16.4 Å². The van der Waals surface area contributed by atoms with Crippen molar-refractivity contribution in [3.63, 3.8) is 0 Å². The summed E-state index contributed by atoms with van der Waals surface area (Å²) in [6, 6.07) is 22.0. The van der Waals surface area contributed by atoms with Crippen molar-refractivity contribution >= 4 is 75.2 Å². The van der Waals surface area contributed by atoms with Crippen molar-refractivity contribution in [3.05, 3.63) is 94.0 Å². The fraction of sp³-hybridized carbons (Fsp3) is 0.231. The molecule has 3 aromatic rings. The van der Waals surface area contributed by atoms with Crippen LogP contribution in [0, 0.1) is 0 Å². The van der Waals surface area contributed by atoms with Gasteiger partial charge in [-0.25, -0.2) is 4.79 Å². The zero-order chi connectivity index (χ0) is 25.0. The summed E-state index contributed by atoms with van der Waals surface area (Å²) in [6.45, 7) is 0.630. The summed E-state index contributed by atoms with van der Waals surface area (Å²) in [6.07, 6.45) is 0.763. The molecule has 0 heterocycles. The van der Waals surface area contributed by atoms with Crippen LogP contribution in [0.2, 0.25) is 10.0 Å². The van der Waals surface area contributed by atoms with Gasteiger partial charge in [0.15, 0.2) is 5.37 Å². The Kier molecular flexibility index (Phi) is 13.2. The Balaban J connectivity index is 0.00000456. The smallest absolute Gasteiger partial charge is 0.339 e. The highest BCUT2D eigenvalue weighted by molar-refractivity contribution is 8.93. The van der Waals surface area contributed by atoms with Crippen LogP contribution in [0.5, 0.6) is 0 Å². The number of hydrogen-bond acceptors (Lipinski definition) is 6. The van der Waals surface area contributed by atoms with Crippen LogP contribution in [0.4, 0.5) is 11.4 Å². The molecule has 192 valence electrons. The van der Waals surface area contributed by atoms with Gasteiger partial charge in [0.2, 0.25) is 5.91 Å². The van der Waals surface area contributed by atoms with Crippen LogP contribution in [0.15, 0.2) is 72.8 Å². The van der Waals surface area contributed by atoms with Gasteiger partial charge < -0.3 is 21.1 Å². The molecule has 3 aromatic carbocycles. The number of ether oxygens (including phenoxy) is 1. The third kappa shape index (κ3) is 9.33. The van der Waals surface area contributed by atoms with Gasteiger partial charge in [0.1, 0.15) is 6.61 Å². The highest BCUT2D eigenvalue weighted by Gasteiger charge is 2.23. The molecule has 1 amide bonds. The van der Waals surface area contributed by atoms with Crippen molar-refractivity contribution in [1.29, 1.82) is 0 Å². The molecule has 0 aliphatic heterocycles. The maximum atomic E-state index is 12.9. The average molecular weight is 613 g/mol. The van der Waals surface area contributed by atoms with Gasteiger partial charge in [0.05, 0.1) is 22.2 Å². The third-order valence-electron chi connectivity index (χ3n) is 4.95. The van der Waals surface area contributed by atoms with E-state index in [0.717, 1.165) is 11.1 Å². The molecule has 0 radical (unpaired) electrons. The topological polar surface area (TPSA) is 93.5 Å². The van der Waals surface area contributed by atoms with Crippen LogP contribution in [0.25, 0.3) is 0 Å². The number of rotatable bonds is 12. The minimum Gasteiger partial charge on any atom is -0.459 e. The van der Waals surface area contributed by atoms with Gasteiger partial charge in [0, 0.05) is 5.69 Å². The third-order valence-corrected chi connectivity index (χ3v) is 6.75. The lowest BCUT2D eigenvalue weighted by molar-refractivity contribution is -0.146. The Hall–Kier alpha value is -2.23. The molecule has 0 unspecified atom stereocenters. The number of amides is 1. The van der Waals surface area contributed by atoms with E-state index in [1.165, 1.54) is 11.8 Å². The predicted molar refractivity (Wildman–Crippen MR) is 155 cm³/mol. The monoisotopic (exact) mass is 611 g/mol. The lowest BCUT2D eigenvalue weighted by Gasteiger charge is -2.18.